The Labute approximate surface area is 110 Å². The summed E-state index contributed by atoms with van der Waals surface area (Å²) in [5, 5.41) is 9.06. The minimum absolute atomic E-state index is 0.0704. The van der Waals surface area contributed by atoms with E-state index in [0.29, 0.717) is 6.04 Å². The fourth-order valence-corrected chi connectivity index (χ4v) is 3.51. The zero-order valence-corrected chi connectivity index (χ0v) is 11.9. The summed E-state index contributed by atoms with van der Waals surface area (Å²) in [7, 11) is 2.07. The minimum atomic E-state index is -0.684. The molecule has 1 saturated heterocycles. The van der Waals surface area contributed by atoms with Crippen molar-refractivity contribution in [1.82, 2.24) is 9.80 Å². The molecule has 0 bridgehead atoms. The van der Waals surface area contributed by atoms with Crippen LogP contribution in [0.1, 0.15) is 46.0 Å². The summed E-state index contributed by atoms with van der Waals surface area (Å²) in [5.41, 5.74) is 0.0704. The highest BCUT2D eigenvalue weighted by molar-refractivity contribution is 5.67. The molecular weight excluding hydrogens is 228 g/mol. The molecule has 2 fully saturated rings. The van der Waals surface area contributed by atoms with Gasteiger partial charge in [0.05, 0.1) is 6.42 Å². The lowest BCUT2D eigenvalue weighted by Crippen LogP contribution is -2.64. The molecule has 1 saturated carbocycles. The summed E-state index contributed by atoms with van der Waals surface area (Å²) >= 11 is 0. The van der Waals surface area contributed by atoms with E-state index in [1.54, 1.807) is 0 Å². The molecule has 1 atom stereocenters. The van der Waals surface area contributed by atoms with Gasteiger partial charge in [0.1, 0.15) is 0 Å². The molecule has 1 aliphatic heterocycles. The van der Waals surface area contributed by atoms with Crippen molar-refractivity contribution in [3.63, 3.8) is 0 Å². The highest BCUT2D eigenvalue weighted by atomic mass is 16.4. The molecule has 4 heteroatoms. The van der Waals surface area contributed by atoms with E-state index in [0.717, 1.165) is 13.1 Å². The summed E-state index contributed by atoms with van der Waals surface area (Å²) < 4.78 is 0. The molecule has 1 unspecified atom stereocenters. The van der Waals surface area contributed by atoms with E-state index in [-0.39, 0.29) is 18.0 Å². The number of hydrogen-bond donors (Lipinski definition) is 1. The number of carbonyl (C=O) groups is 1. The highest BCUT2D eigenvalue weighted by Gasteiger charge is 2.40. The molecule has 2 rings (SSSR count). The van der Waals surface area contributed by atoms with Gasteiger partial charge in [0.15, 0.2) is 0 Å². The lowest BCUT2D eigenvalue weighted by molar-refractivity contribution is -0.140. The lowest BCUT2D eigenvalue weighted by atomic mass is 9.92. The zero-order chi connectivity index (χ0) is 13.3. The standard InChI is InChI=1S/C14H26N2O2/c1-14(2)10-16(11-6-4-5-7-11)9-12(15(14)3)8-13(17)18/h11-12H,4-10H2,1-3H3,(H,17,18). The van der Waals surface area contributed by atoms with Crippen LogP contribution in [-0.2, 0) is 4.79 Å². The monoisotopic (exact) mass is 254 g/mol. The van der Waals surface area contributed by atoms with Gasteiger partial charge >= 0.3 is 5.97 Å². The Morgan fingerprint density at radius 3 is 2.50 bits per heavy atom. The molecule has 0 aromatic heterocycles. The van der Waals surface area contributed by atoms with Crippen LogP contribution in [0, 0.1) is 0 Å². The fraction of sp³-hybridized carbons (Fsp3) is 0.929. The van der Waals surface area contributed by atoms with Crippen LogP contribution < -0.4 is 0 Å². The first kappa shape index (κ1) is 13.8. The second-order valence-electron chi connectivity index (χ2n) is 6.54. The third-order valence-electron chi connectivity index (χ3n) is 4.79. The maximum atomic E-state index is 11.0. The van der Waals surface area contributed by atoms with Gasteiger partial charge in [0.2, 0.25) is 0 Å². The number of nitrogens with zero attached hydrogens (tertiary/aromatic N) is 2. The van der Waals surface area contributed by atoms with E-state index in [1.165, 1.54) is 25.7 Å². The maximum absolute atomic E-state index is 11.0. The van der Waals surface area contributed by atoms with Gasteiger partial charge in [0.25, 0.3) is 0 Å². The predicted molar refractivity (Wildman–Crippen MR) is 71.7 cm³/mol. The van der Waals surface area contributed by atoms with E-state index in [9.17, 15) is 4.79 Å². The molecule has 1 aliphatic carbocycles. The van der Waals surface area contributed by atoms with Crippen LogP contribution in [0.3, 0.4) is 0 Å². The summed E-state index contributed by atoms with van der Waals surface area (Å²) in [4.78, 5) is 15.8. The van der Waals surface area contributed by atoms with Crippen molar-refractivity contribution in [2.45, 2.75) is 63.6 Å². The average molecular weight is 254 g/mol. The van der Waals surface area contributed by atoms with Gasteiger partial charge in [-0.15, -0.1) is 0 Å². The van der Waals surface area contributed by atoms with E-state index in [2.05, 4.69) is 30.7 Å². The third kappa shape index (κ3) is 2.86. The first-order valence-corrected chi connectivity index (χ1v) is 7.09. The van der Waals surface area contributed by atoms with Crippen LogP contribution in [-0.4, -0.2) is 58.6 Å². The van der Waals surface area contributed by atoms with Gasteiger partial charge in [0, 0.05) is 30.7 Å². The SMILES string of the molecule is CN1C(CC(=O)O)CN(C2CCCC2)CC1(C)C. The van der Waals surface area contributed by atoms with Crippen LogP contribution in [0.2, 0.25) is 0 Å². The van der Waals surface area contributed by atoms with Gasteiger partial charge in [-0.05, 0) is 33.7 Å². The molecule has 0 radical (unpaired) electrons. The number of carboxylic acids is 1. The molecule has 4 nitrogen and oxygen atoms in total. The van der Waals surface area contributed by atoms with E-state index >= 15 is 0 Å². The normalized spacial score (nSPS) is 30.7. The summed E-state index contributed by atoms with van der Waals surface area (Å²) in [6.07, 6.45) is 5.50. The first-order valence-electron chi connectivity index (χ1n) is 7.09. The lowest BCUT2D eigenvalue weighted by Gasteiger charge is -2.51. The third-order valence-corrected chi connectivity index (χ3v) is 4.79. The number of hydrogen-bond acceptors (Lipinski definition) is 3. The topological polar surface area (TPSA) is 43.8 Å². The molecular formula is C14H26N2O2. The van der Waals surface area contributed by atoms with Crippen molar-refractivity contribution in [2.24, 2.45) is 0 Å². The van der Waals surface area contributed by atoms with Crippen LogP contribution >= 0.6 is 0 Å². The van der Waals surface area contributed by atoms with E-state index in [4.69, 9.17) is 5.11 Å². The van der Waals surface area contributed by atoms with E-state index < -0.39 is 5.97 Å². The Hall–Kier alpha value is -0.610. The number of likely N-dealkylation sites (N-methyl/N-ethyl adjacent to an activating group) is 1. The van der Waals surface area contributed by atoms with Gasteiger partial charge in [-0.1, -0.05) is 12.8 Å². The first-order chi connectivity index (χ1) is 8.40. The van der Waals surface area contributed by atoms with Crippen molar-refractivity contribution in [2.75, 3.05) is 20.1 Å². The fourth-order valence-electron chi connectivity index (χ4n) is 3.51. The highest BCUT2D eigenvalue weighted by Crippen LogP contribution is 2.31. The summed E-state index contributed by atoms with van der Waals surface area (Å²) in [6, 6.07) is 0.834. The largest absolute Gasteiger partial charge is 0.481 e. The quantitative estimate of drug-likeness (QED) is 0.834. The van der Waals surface area contributed by atoms with Crippen LogP contribution in [0.4, 0.5) is 0 Å². The van der Waals surface area contributed by atoms with E-state index in [1.807, 2.05) is 0 Å². The van der Waals surface area contributed by atoms with Crippen LogP contribution in [0.15, 0.2) is 0 Å². The molecule has 104 valence electrons. The molecule has 2 aliphatic rings. The predicted octanol–water partition coefficient (Wildman–Crippen LogP) is 1.80. The van der Waals surface area contributed by atoms with Gasteiger partial charge in [-0.3, -0.25) is 14.6 Å². The Morgan fingerprint density at radius 2 is 1.94 bits per heavy atom. The molecule has 0 spiro atoms. The van der Waals surface area contributed by atoms with Crippen molar-refractivity contribution < 1.29 is 9.90 Å². The molecule has 1 heterocycles. The molecule has 0 aromatic carbocycles. The average Bonchev–Trinajstić information content (AvgIpc) is 2.76. The van der Waals surface area contributed by atoms with Gasteiger partial charge in [-0.25, -0.2) is 0 Å². The zero-order valence-electron chi connectivity index (χ0n) is 11.9. The number of carboxylic acid groups (broad SMARTS) is 1. The van der Waals surface area contributed by atoms with Gasteiger partial charge < -0.3 is 5.11 Å². The molecule has 0 amide bonds. The number of piperazine rings is 1. The second-order valence-corrected chi connectivity index (χ2v) is 6.54. The summed E-state index contributed by atoms with van der Waals surface area (Å²) in [6.45, 7) is 6.42. The van der Waals surface area contributed by atoms with Gasteiger partial charge in [-0.2, -0.15) is 0 Å². The maximum Gasteiger partial charge on any atom is 0.304 e. The molecule has 0 aromatic rings. The van der Waals surface area contributed by atoms with Crippen molar-refractivity contribution in [1.29, 1.82) is 0 Å². The van der Waals surface area contributed by atoms with Crippen molar-refractivity contribution >= 4 is 5.97 Å². The second kappa shape index (κ2) is 5.17. The Morgan fingerprint density at radius 1 is 1.33 bits per heavy atom. The minimum Gasteiger partial charge on any atom is -0.481 e. The van der Waals surface area contributed by atoms with Crippen LogP contribution in [0.25, 0.3) is 0 Å². The Kier molecular flexibility index (Phi) is 3.97. The van der Waals surface area contributed by atoms with Crippen molar-refractivity contribution in [3.05, 3.63) is 0 Å². The Bertz CT molecular complexity index is 311. The van der Waals surface area contributed by atoms with Crippen LogP contribution in [0.5, 0.6) is 0 Å². The number of rotatable bonds is 3. The smallest absolute Gasteiger partial charge is 0.304 e. The Balaban J connectivity index is 2.07. The number of aliphatic carboxylic acids is 1. The molecule has 1 N–H and O–H groups in total. The molecule has 18 heavy (non-hydrogen) atoms. The van der Waals surface area contributed by atoms with Crippen molar-refractivity contribution in [3.8, 4) is 0 Å². The summed E-state index contributed by atoms with van der Waals surface area (Å²) in [5.74, 6) is -0.684.